The number of anilines is 1. The third kappa shape index (κ3) is 8.21. The number of ether oxygens (including phenoxy) is 1. The molecule has 7 heteroatoms. The van der Waals surface area contributed by atoms with Crippen molar-refractivity contribution in [2.24, 2.45) is 0 Å². The number of carbonyl (C=O) groups is 1. The van der Waals surface area contributed by atoms with Crippen molar-refractivity contribution in [2.45, 2.75) is 32.4 Å². The van der Waals surface area contributed by atoms with E-state index < -0.39 is 5.97 Å². The van der Waals surface area contributed by atoms with E-state index in [1.54, 1.807) is 19.1 Å². The number of carboxylic acid groups (broad SMARTS) is 1. The molecule has 3 aromatic carbocycles. The van der Waals surface area contributed by atoms with E-state index in [2.05, 4.69) is 45.9 Å². The average Bonchev–Trinajstić information content (AvgIpc) is 2.89. The van der Waals surface area contributed by atoms with Crippen molar-refractivity contribution in [3.63, 3.8) is 0 Å². The number of hydrogen-bond acceptors (Lipinski definition) is 5. The predicted octanol–water partition coefficient (Wildman–Crippen LogP) is 4.99. The summed E-state index contributed by atoms with van der Waals surface area (Å²) in [4.78, 5) is 15.9. The highest BCUT2D eigenvalue weighted by Gasteiger charge is 2.17. The number of phenols is 1. The number of piperazine rings is 1. The lowest BCUT2D eigenvalue weighted by Crippen LogP contribution is -2.45. The molecule has 1 atom stereocenters. The fourth-order valence-corrected chi connectivity index (χ4v) is 4.39. The van der Waals surface area contributed by atoms with Crippen molar-refractivity contribution in [2.75, 3.05) is 31.1 Å². The molecule has 1 saturated heterocycles. The first-order valence-electron chi connectivity index (χ1n) is 12.2. The van der Waals surface area contributed by atoms with Crippen LogP contribution < -0.4 is 9.64 Å². The summed E-state index contributed by atoms with van der Waals surface area (Å²) in [6, 6.07) is 23.5. The molecule has 0 aromatic heterocycles. The van der Waals surface area contributed by atoms with Crippen LogP contribution in [-0.2, 0) is 17.9 Å². The fourth-order valence-electron chi connectivity index (χ4n) is 4.39. The second kappa shape index (κ2) is 13.6. The Hall–Kier alpha value is -3.60. The molecule has 0 radical (unpaired) electrons. The van der Waals surface area contributed by atoms with Crippen LogP contribution in [0.4, 0.5) is 5.69 Å². The van der Waals surface area contributed by atoms with Crippen molar-refractivity contribution in [1.82, 2.24) is 4.90 Å². The number of nitrogens with zero attached hydrogens (tertiary/aromatic N) is 2. The van der Waals surface area contributed by atoms with Gasteiger partial charge < -0.3 is 19.8 Å². The number of aliphatic carboxylic acids is 1. The van der Waals surface area contributed by atoms with E-state index in [0.717, 1.165) is 55.3 Å². The number of benzene rings is 3. The molecule has 0 unspecified atom stereocenters. The third-order valence-electron chi connectivity index (χ3n) is 6.40. The smallest absolute Gasteiger partial charge is 0.304 e. The highest BCUT2D eigenvalue weighted by molar-refractivity contribution is 7.59. The molecule has 194 valence electrons. The zero-order valence-electron chi connectivity index (χ0n) is 21.1. The zero-order chi connectivity index (χ0) is 25.3. The molecule has 1 aliphatic heterocycles. The first kappa shape index (κ1) is 28.0. The van der Waals surface area contributed by atoms with Crippen molar-refractivity contribution >= 4 is 25.2 Å². The van der Waals surface area contributed by atoms with Gasteiger partial charge in [0.25, 0.3) is 0 Å². The summed E-state index contributed by atoms with van der Waals surface area (Å²) in [6.45, 7) is 7.05. The molecule has 37 heavy (non-hydrogen) atoms. The molecule has 6 nitrogen and oxygen atoms in total. The maximum atomic E-state index is 11.1. The van der Waals surface area contributed by atoms with Crippen LogP contribution in [0.3, 0.4) is 0 Å². The van der Waals surface area contributed by atoms with Crippen LogP contribution in [0.5, 0.6) is 11.5 Å². The van der Waals surface area contributed by atoms with E-state index in [0.29, 0.717) is 12.4 Å². The maximum Gasteiger partial charge on any atom is 0.304 e. The average molecular weight is 519 g/mol. The Bertz CT molecular complexity index is 1190. The number of carboxylic acids is 1. The second-order valence-corrected chi connectivity index (χ2v) is 9.00. The van der Waals surface area contributed by atoms with Crippen LogP contribution in [0, 0.1) is 11.8 Å². The molecule has 3 aromatic rings. The van der Waals surface area contributed by atoms with Crippen molar-refractivity contribution in [3.8, 4) is 23.3 Å². The van der Waals surface area contributed by atoms with Crippen molar-refractivity contribution < 1.29 is 19.7 Å². The van der Waals surface area contributed by atoms with Crippen LogP contribution in [0.1, 0.15) is 36.0 Å². The summed E-state index contributed by atoms with van der Waals surface area (Å²) in [5, 5.41) is 18.6. The molecular formula is C30H34N2O4S. The van der Waals surface area contributed by atoms with Gasteiger partial charge in [-0.15, -0.1) is 5.92 Å². The zero-order valence-corrected chi connectivity index (χ0v) is 22.1. The molecule has 0 amide bonds. The highest BCUT2D eigenvalue weighted by Crippen LogP contribution is 2.23. The molecule has 0 saturated carbocycles. The number of aromatic hydroxyl groups is 1. The topological polar surface area (TPSA) is 73.2 Å². The highest BCUT2D eigenvalue weighted by atomic mass is 32.1. The van der Waals surface area contributed by atoms with Crippen LogP contribution in [-0.4, -0.2) is 47.3 Å². The monoisotopic (exact) mass is 518 g/mol. The molecular weight excluding hydrogens is 484 g/mol. The standard InChI is InChI=1S/C30H32N2O4.H2S/c1-2-3-26(20-30(34)35)25-8-14-29(15-9-25)36-22-24-6-4-23(5-7-24)21-31-16-18-32(19-17-31)27-10-12-28(33)13-11-27;/h4-15,26,33H,16-22H2,1H3,(H,34,35);1H2/t26-;/m0./s1. The summed E-state index contributed by atoms with van der Waals surface area (Å²) >= 11 is 0. The molecule has 4 rings (SSSR count). The van der Waals surface area contributed by atoms with Gasteiger partial charge in [-0.05, 0) is 60.0 Å². The molecule has 1 aliphatic rings. The van der Waals surface area contributed by atoms with Gasteiger partial charge in [-0.25, -0.2) is 0 Å². The number of rotatable bonds is 9. The largest absolute Gasteiger partial charge is 0.508 e. The Labute approximate surface area is 225 Å². The Kier molecular flexibility index (Phi) is 10.3. The molecule has 2 N–H and O–H groups in total. The van der Waals surface area contributed by atoms with E-state index in [1.165, 1.54) is 5.56 Å². The second-order valence-electron chi connectivity index (χ2n) is 9.00. The van der Waals surface area contributed by atoms with Gasteiger partial charge in [-0.3, -0.25) is 9.69 Å². The van der Waals surface area contributed by atoms with Gasteiger partial charge in [0.1, 0.15) is 18.1 Å². The van der Waals surface area contributed by atoms with Gasteiger partial charge in [-0.1, -0.05) is 42.3 Å². The summed E-state index contributed by atoms with van der Waals surface area (Å²) in [5.41, 5.74) is 4.41. The summed E-state index contributed by atoms with van der Waals surface area (Å²) in [7, 11) is 0. The van der Waals surface area contributed by atoms with Gasteiger partial charge in [0, 0.05) is 38.4 Å². The Morgan fingerprint density at radius 1 is 0.919 bits per heavy atom. The van der Waals surface area contributed by atoms with E-state index in [1.807, 2.05) is 36.4 Å². The van der Waals surface area contributed by atoms with E-state index in [-0.39, 0.29) is 25.8 Å². The van der Waals surface area contributed by atoms with Gasteiger partial charge >= 0.3 is 5.97 Å². The van der Waals surface area contributed by atoms with Gasteiger partial charge in [-0.2, -0.15) is 13.5 Å². The Balaban J connectivity index is 0.00000380. The fraction of sp³-hybridized carbons (Fsp3) is 0.300. The van der Waals surface area contributed by atoms with Crippen molar-refractivity contribution in [3.05, 3.63) is 89.5 Å². The van der Waals surface area contributed by atoms with E-state index >= 15 is 0 Å². The van der Waals surface area contributed by atoms with E-state index in [4.69, 9.17) is 9.84 Å². The molecule has 0 aliphatic carbocycles. The Morgan fingerprint density at radius 3 is 2.14 bits per heavy atom. The summed E-state index contributed by atoms with van der Waals surface area (Å²) in [5.74, 6) is 5.65. The normalized spacial score (nSPS) is 14.1. The quantitative estimate of drug-likeness (QED) is 0.389. The van der Waals surface area contributed by atoms with Crippen molar-refractivity contribution in [1.29, 1.82) is 0 Å². The first-order valence-corrected chi connectivity index (χ1v) is 12.2. The summed E-state index contributed by atoms with van der Waals surface area (Å²) < 4.78 is 5.93. The lowest BCUT2D eigenvalue weighted by Gasteiger charge is -2.36. The number of hydrogen-bond donors (Lipinski definition) is 2. The van der Waals surface area contributed by atoms with Gasteiger partial charge in [0.05, 0.1) is 12.3 Å². The lowest BCUT2D eigenvalue weighted by molar-refractivity contribution is -0.137. The SMILES string of the molecule is CC#C[C@@H](CC(=O)O)c1ccc(OCc2ccc(CN3CCN(c4ccc(O)cc4)CC3)cc2)cc1.S. The molecule has 1 fully saturated rings. The predicted molar refractivity (Wildman–Crippen MR) is 152 cm³/mol. The lowest BCUT2D eigenvalue weighted by atomic mass is 9.96. The van der Waals surface area contributed by atoms with Crippen LogP contribution in [0.2, 0.25) is 0 Å². The van der Waals surface area contributed by atoms with Gasteiger partial charge in [0.2, 0.25) is 0 Å². The third-order valence-corrected chi connectivity index (χ3v) is 6.40. The minimum Gasteiger partial charge on any atom is -0.508 e. The molecule has 1 heterocycles. The summed E-state index contributed by atoms with van der Waals surface area (Å²) in [6.07, 6.45) is -0.0124. The maximum absolute atomic E-state index is 11.1. The van der Waals surface area contributed by atoms with Crippen LogP contribution in [0.15, 0.2) is 72.8 Å². The van der Waals surface area contributed by atoms with Crippen LogP contribution >= 0.6 is 13.5 Å². The first-order chi connectivity index (χ1) is 17.5. The molecule has 0 bridgehead atoms. The Morgan fingerprint density at radius 2 is 1.54 bits per heavy atom. The van der Waals surface area contributed by atoms with Crippen LogP contribution in [0.25, 0.3) is 0 Å². The number of phenolic OH excluding ortho intramolecular Hbond substituents is 1. The van der Waals surface area contributed by atoms with E-state index in [9.17, 15) is 9.90 Å². The van der Waals surface area contributed by atoms with Gasteiger partial charge in [0.15, 0.2) is 0 Å². The molecule has 0 spiro atoms. The minimum absolute atomic E-state index is 0. The minimum atomic E-state index is -0.858.